The zero-order valence-corrected chi connectivity index (χ0v) is 12.1. The highest BCUT2D eigenvalue weighted by Crippen LogP contribution is 2.44. The van der Waals surface area contributed by atoms with Gasteiger partial charge in [-0.15, -0.1) is 0 Å². The smallest absolute Gasteiger partial charge is 0.352 e. The molecule has 1 aliphatic carbocycles. The fourth-order valence-corrected chi connectivity index (χ4v) is 2.77. The van der Waals surface area contributed by atoms with Crippen molar-refractivity contribution < 1.29 is 27.9 Å². The monoisotopic (exact) mass is 328 g/mol. The number of carbonyl (C=O) groups is 2. The zero-order chi connectivity index (χ0) is 16.8. The molecule has 1 aromatic rings. The Kier molecular flexibility index (Phi) is 3.59. The van der Waals surface area contributed by atoms with Gasteiger partial charge in [0, 0.05) is 12.1 Å². The van der Waals surface area contributed by atoms with Gasteiger partial charge in [0.05, 0.1) is 5.69 Å². The minimum absolute atomic E-state index is 0.138. The number of aliphatic hydroxyl groups is 1. The van der Waals surface area contributed by atoms with Gasteiger partial charge in [-0.2, -0.15) is 8.78 Å². The average Bonchev–Trinajstić information content (AvgIpc) is 2.46. The minimum atomic E-state index is -4.03. The molecule has 1 heterocycles. The van der Waals surface area contributed by atoms with E-state index in [1.54, 1.807) is 5.32 Å². The fourth-order valence-electron chi connectivity index (χ4n) is 2.77. The standard InChI is InChI=1S/C15H15F3N2O3/c16-10-6-8-2-5-19-12(21)9(8)7-11(10)20-13(22)15(17,18)14(23)3-1-4-14/h6-7,23H,1-5H2,(H,19,21)(H,20,22). The van der Waals surface area contributed by atoms with Crippen LogP contribution in [0.5, 0.6) is 0 Å². The Hall–Kier alpha value is -2.09. The molecule has 0 unspecified atom stereocenters. The van der Waals surface area contributed by atoms with Gasteiger partial charge in [-0.1, -0.05) is 0 Å². The number of rotatable bonds is 3. The van der Waals surface area contributed by atoms with Crippen LogP contribution >= 0.6 is 0 Å². The van der Waals surface area contributed by atoms with Crippen molar-refractivity contribution in [1.82, 2.24) is 5.32 Å². The number of halogens is 3. The van der Waals surface area contributed by atoms with Crippen molar-refractivity contribution in [2.75, 3.05) is 11.9 Å². The molecule has 5 nitrogen and oxygen atoms in total. The van der Waals surface area contributed by atoms with E-state index in [4.69, 9.17) is 0 Å². The lowest BCUT2D eigenvalue weighted by Gasteiger charge is -2.41. The highest BCUT2D eigenvalue weighted by molar-refractivity contribution is 6.01. The molecule has 23 heavy (non-hydrogen) atoms. The molecule has 2 aliphatic rings. The van der Waals surface area contributed by atoms with Crippen molar-refractivity contribution in [3.05, 3.63) is 29.1 Å². The molecule has 0 spiro atoms. The SMILES string of the molecule is O=C1NCCc2cc(F)c(NC(=O)C(F)(F)C3(O)CCC3)cc21. The second kappa shape index (κ2) is 5.23. The predicted molar refractivity (Wildman–Crippen MR) is 74.8 cm³/mol. The summed E-state index contributed by atoms with van der Waals surface area (Å²) in [6.07, 6.45) is 0.430. The van der Waals surface area contributed by atoms with E-state index in [0.29, 0.717) is 24.9 Å². The molecule has 0 atom stereocenters. The summed E-state index contributed by atoms with van der Waals surface area (Å²) < 4.78 is 42.0. The molecule has 3 N–H and O–H groups in total. The largest absolute Gasteiger partial charge is 0.383 e. The van der Waals surface area contributed by atoms with E-state index in [1.165, 1.54) is 0 Å². The molecule has 3 rings (SSSR count). The third kappa shape index (κ3) is 2.46. The van der Waals surface area contributed by atoms with E-state index in [-0.39, 0.29) is 18.4 Å². The summed E-state index contributed by atoms with van der Waals surface area (Å²) in [6.45, 7) is 0.363. The number of hydrogen-bond acceptors (Lipinski definition) is 3. The molecule has 1 fully saturated rings. The van der Waals surface area contributed by atoms with Crippen molar-refractivity contribution in [3.63, 3.8) is 0 Å². The second-order valence-corrected chi connectivity index (χ2v) is 5.91. The van der Waals surface area contributed by atoms with Crippen molar-refractivity contribution >= 4 is 17.5 Å². The molecule has 1 aromatic carbocycles. The van der Waals surface area contributed by atoms with Crippen molar-refractivity contribution in [3.8, 4) is 0 Å². The van der Waals surface area contributed by atoms with Crippen molar-refractivity contribution in [1.29, 1.82) is 0 Å². The van der Waals surface area contributed by atoms with Gasteiger partial charge in [0.2, 0.25) is 0 Å². The van der Waals surface area contributed by atoms with Crippen LogP contribution in [0.2, 0.25) is 0 Å². The number of fused-ring (bicyclic) bond motifs is 1. The Morgan fingerprint density at radius 3 is 2.65 bits per heavy atom. The average molecular weight is 328 g/mol. The highest BCUT2D eigenvalue weighted by atomic mass is 19.3. The van der Waals surface area contributed by atoms with Gasteiger partial charge in [-0.25, -0.2) is 4.39 Å². The van der Waals surface area contributed by atoms with Crippen LogP contribution < -0.4 is 10.6 Å². The molecule has 0 radical (unpaired) electrons. The maximum atomic E-state index is 14.0. The molecule has 0 saturated heterocycles. The number of nitrogens with one attached hydrogen (secondary N) is 2. The van der Waals surface area contributed by atoms with Crippen molar-refractivity contribution in [2.45, 2.75) is 37.2 Å². The first-order chi connectivity index (χ1) is 10.7. The summed E-state index contributed by atoms with van der Waals surface area (Å²) >= 11 is 0. The Labute approximate surface area is 129 Å². The Bertz CT molecular complexity index is 687. The third-order valence-corrected chi connectivity index (χ3v) is 4.42. The van der Waals surface area contributed by atoms with Gasteiger partial charge in [0.15, 0.2) is 0 Å². The van der Waals surface area contributed by atoms with Crippen molar-refractivity contribution in [2.24, 2.45) is 0 Å². The highest BCUT2D eigenvalue weighted by Gasteiger charge is 2.61. The first kappa shape index (κ1) is 15.8. The van der Waals surface area contributed by atoms with E-state index in [1.807, 2.05) is 0 Å². The van der Waals surface area contributed by atoms with Gasteiger partial charge in [-0.3, -0.25) is 9.59 Å². The topological polar surface area (TPSA) is 78.4 Å². The Morgan fingerprint density at radius 2 is 2.04 bits per heavy atom. The summed E-state index contributed by atoms with van der Waals surface area (Å²) in [4.78, 5) is 23.5. The lowest BCUT2D eigenvalue weighted by Crippen LogP contribution is -2.59. The van der Waals surface area contributed by atoms with E-state index in [0.717, 1.165) is 12.1 Å². The van der Waals surface area contributed by atoms with Crippen LogP contribution in [-0.4, -0.2) is 35.0 Å². The number of alkyl halides is 2. The summed E-state index contributed by atoms with van der Waals surface area (Å²) in [5.41, 5.74) is -2.31. The van der Waals surface area contributed by atoms with E-state index >= 15 is 0 Å². The first-order valence-corrected chi connectivity index (χ1v) is 7.27. The Balaban J connectivity index is 1.87. The molecule has 1 aliphatic heterocycles. The van der Waals surface area contributed by atoms with Crippen LogP contribution in [-0.2, 0) is 11.2 Å². The summed E-state index contributed by atoms with van der Waals surface area (Å²) in [5.74, 6) is -7.17. The van der Waals surface area contributed by atoms with Crippen LogP contribution in [0, 0.1) is 5.82 Å². The fraction of sp³-hybridized carbons (Fsp3) is 0.467. The maximum Gasteiger partial charge on any atom is 0.352 e. The minimum Gasteiger partial charge on any atom is -0.383 e. The summed E-state index contributed by atoms with van der Waals surface area (Å²) in [6, 6.07) is 2.10. The molecular weight excluding hydrogens is 313 g/mol. The van der Waals surface area contributed by atoms with Crippen LogP contribution in [0.1, 0.15) is 35.2 Å². The third-order valence-electron chi connectivity index (χ3n) is 4.42. The van der Waals surface area contributed by atoms with Crippen LogP contribution in [0.3, 0.4) is 0 Å². The Morgan fingerprint density at radius 1 is 1.35 bits per heavy atom. The predicted octanol–water partition coefficient (Wildman–Crippen LogP) is 1.60. The van der Waals surface area contributed by atoms with Crippen LogP contribution in [0.25, 0.3) is 0 Å². The van der Waals surface area contributed by atoms with E-state index in [9.17, 15) is 27.9 Å². The summed E-state index contributed by atoms with van der Waals surface area (Å²) in [5, 5.41) is 14.1. The molecule has 2 amide bonds. The van der Waals surface area contributed by atoms with Crippen LogP contribution in [0.4, 0.5) is 18.9 Å². The normalized spacial score (nSPS) is 19.4. The lowest BCUT2D eigenvalue weighted by molar-refractivity contribution is -0.212. The lowest BCUT2D eigenvalue weighted by atomic mass is 9.75. The number of carbonyl (C=O) groups excluding carboxylic acids is 2. The number of benzene rings is 1. The van der Waals surface area contributed by atoms with Gasteiger partial charge in [0.25, 0.3) is 11.8 Å². The molecule has 0 aromatic heterocycles. The maximum absolute atomic E-state index is 14.0. The second-order valence-electron chi connectivity index (χ2n) is 5.91. The molecule has 8 heteroatoms. The van der Waals surface area contributed by atoms with E-state index in [2.05, 4.69) is 5.32 Å². The quantitative estimate of drug-likeness (QED) is 0.789. The zero-order valence-electron chi connectivity index (χ0n) is 12.1. The van der Waals surface area contributed by atoms with Gasteiger partial charge in [-0.05, 0) is 43.4 Å². The van der Waals surface area contributed by atoms with E-state index < -0.39 is 34.8 Å². The van der Waals surface area contributed by atoms with Gasteiger partial charge < -0.3 is 15.7 Å². The molecular formula is C15H15F3N2O3. The van der Waals surface area contributed by atoms with Crippen LogP contribution in [0.15, 0.2) is 12.1 Å². The number of anilines is 1. The van der Waals surface area contributed by atoms with Gasteiger partial charge >= 0.3 is 5.92 Å². The molecule has 1 saturated carbocycles. The number of hydrogen-bond donors (Lipinski definition) is 3. The number of amides is 2. The summed E-state index contributed by atoms with van der Waals surface area (Å²) in [7, 11) is 0. The first-order valence-electron chi connectivity index (χ1n) is 7.27. The molecule has 124 valence electrons. The molecule has 0 bridgehead atoms. The van der Waals surface area contributed by atoms with Gasteiger partial charge in [0.1, 0.15) is 11.4 Å².